The lowest BCUT2D eigenvalue weighted by Crippen LogP contribution is -2.20. The van der Waals surface area contributed by atoms with Gasteiger partial charge in [0.1, 0.15) is 5.75 Å². The largest absolute Gasteiger partial charge is 0.483 e. The Morgan fingerprint density at radius 2 is 1.76 bits per heavy atom. The number of rotatable bonds is 5. The van der Waals surface area contributed by atoms with Crippen molar-refractivity contribution in [3.8, 4) is 17.0 Å². The minimum absolute atomic E-state index is 0.0152. The van der Waals surface area contributed by atoms with Crippen molar-refractivity contribution in [1.82, 2.24) is 4.98 Å². The second-order valence-electron chi connectivity index (χ2n) is 5.89. The van der Waals surface area contributed by atoms with Gasteiger partial charge in [-0.25, -0.2) is 4.98 Å². The Morgan fingerprint density at radius 1 is 1.08 bits per heavy atom. The van der Waals surface area contributed by atoms with Crippen LogP contribution in [0.1, 0.15) is 16.1 Å². The predicted molar refractivity (Wildman–Crippen MR) is 102 cm³/mol. The number of nitrogens with zero attached hydrogens (tertiary/aromatic N) is 1. The smallest absolute Gasteiger partial charge is 0.262 e. The molecule has 2 aromatic carbocycles. The number of carbonyl (C=O) groups excluding carboxylic acids is 1. The van der Waals surface area contributed by atoms with Crippen molar-refractivity contribution in [3.05, 3.63) is 64.0 Å². The molecule has 0 atom stereocenters. The first-order valence-corrected chi connectivity index (χ1v) is 8.92. The maximum absolute atomic E-state index is 12.1. The van der Waals surface area contributed by atoms with E-state index in [1.165, 1.54) is 0 Å². The minimum Gasteiger partial charge on any atom is -0.483 e. The Hall–Kier alpha value is -2.66. The van der Waals surface area contributed by atoms with E-state index in [2.05, 4.69) is 10.3 Å². The lowest BCUT2D eigenvalue weighted by molar-refractivity contribution is -0.118. The van der Waals surface area contributed by atoms with E-state index in [-0.39, 0.29) is 12.5 Å². The molecule has 1 amide bonds. The number of ether oxygens (including phenoxy) is 1. The molecule has 1 aromatic heterocycles. The normalized spacial score (nSPS) is 10.5. The van der Waals surface area contributed by atoms with E-state index in [1.807, 2.05) is 68.6 Å². The maximum Gasteiger partial charge on any atom is 0.262 e. The quantitative estimate of drug-likeness (QED) is 0.721. The second kappa shape index (κ2) is 7.49. The lowest BCUT2D eigenvalue weighted by Gasteiger charge is -2.12. The first-order chi connectivity index (χ1) is 12.0. The molecule has 3 aromatic rings. The monoisotopic (exact) mass is 352 g/mol. The number of hydrogen-bond acceptors (Lipinski definition) is 4. The number of anilines is 1. The molecule has 0 radical (unpaired) electrons. The van der Waals surface area contributed by atoms with E-state index in [1.54, 1.807) is 11.3 Å². The topological polar surface area (TPSA) is 51.2 Å². The zero-order valence-corrected chi connectivity index (χ0v) is 15.3. The van der Waals surface area contributed by atoms with Crippen LogP contribution < -0.4 is 10.1 Å². The van der Waals surface area contributed by atoms with Gasteiger partial charge in [-0.2, -0.15) is 0 Å². The molecule has 0 unspecified atom stereocenters. The molecular weight excluding hydrogens is 332 g/mol. The van der Waals surface area contributed by atoms with Crippen LogP contribution in [0.5, 0.6) is 5.75 Å². The molecule has 25 heavy (non-hydrogen) atoms. The minimum atomic E-state index is -0.181. The number of aryl methyl sites for hydroxylation is 3. The van der Waals surface area contributed by atoms with E-state index < -0.39 is 0 Å². The summed E-state index contributed by atoms with van der Waals surface area (Å²) in [4.78, 5) is 16.6. The molecule has 0 aliphatic rings. The summed E-state index contributed by atoms with van der Waals surface area (Å²) in [5, 5.41) is 5.92. The summed E-state index contributed by atoms with van der Waals surface area (Å²) in [6.07, 6.45) is 0. The van der Waals surface area contributed by atoms with E-state index in [4.69, 9.17) is 4.74 Å². The van der Waals surface area contributed by atoms with Gasteiger partial charge in [-0.3, -0.25) is 4.79 Å². The van der Waals surface area contributed by atoms with E-state index in [0.717, 1.165) is 38.8 Å². The van der Waals surface area contributed by atoms with Gasteiger partial charge in [-0.05, 0) is 44.0 Å². The van der Waals surface area contributed by atoms with Gasteiger partial charge in [-0.15, -0.1) is 11.3 Å². The third kappa shape index (κ3) is 4.25. The fraction of sp³-hybridized carbons (Fsp3) is 0.200. The molecule has 0 spiro atoms. The van der Waals surface area contributed by atoms with Crippen molar-refractivity contribution in [1.29, 1.82) is 0 Å². The van der Waals surface area contributed by atoms with Crippen molar-refractivity contribution in [2.24, 2.45) is 0 Å². The molecule has 0 aliphatic carbocycles. The van der Waals surface area contributed by atoms with Crippen LogP contribution in [0.3, 0.4) is 0 Å². The number of nitrogens with one attached hydrogen (secondary N) is 1. The first kappa shape index (κ1) is 17.2. The standard InChI is InChI=1S/C20H20N2O2S/c1-13-5-4-6-14(2)20(13)24-11-19(23)22-17-9-7-16(8-10-17)18-12-25-15(3)21-18/h4-10,12H,11H2,1-3H3,(H,22,23). The molecule has 1 N–H and O–H groups in total. The molecule has 4 nitrogen and oxygen atoms in total. The molecule has 0 saturated carbocycles. The Labute approximate surface area is 151 Å². The highest BCUT2D eigenvalue weighted by atomic mass is 32.1. The molecule has 0 saturated heterocycles. The zero-order valence-electron chi connectivity index (χ0n) is 14.5. The molecule has 0 fully saturated rings. The van der Waals surface area contributed by atoms with E-state index >= 15 is 0 Å². The molecular formula is C20H20N2O2S. The van der Waals surface area contributed by atoms with E-state index in [0.29, 0.717) is 0 Å². The molecule has 3 rings (SSSR count). The van der Waals surface area contributed by atoms with Crippen LogP contribution in [0.15, 0.2) is 47.8 Å². The second-order valence-corrected chi connectivity index (χ2v) is 6.95. The van der Waals surface area contributed by atoms with Crippen LogP contribution in [-0.2, 0) is 4.79 Å². The van der Waals surface area contributed by atoms with Crippen LogP contribution in [0, 0.1) is 20.8 Å². The van der Waals surface area contributed by atoms with Crippen molar-refractivity contribution in [2.75, 3.05) is 11.9 Å². The summed E-state index contributed by atoms with van der Waals surface area (Å²) in [6.45, 7) is 5.91. The average Bonchev–Trinajstić information content (AvgIpc) is 3.01. The Kier molecular flexibility index (Phi) is 5.14. The molecule has 0 aliphatic heterocycles. The number of thiazole rings is 1. The Bertz CT molecular complexity index is 865. The number of amides is 1. The number of benzene rings is 2. The van der Waals surface area contributed by atoms with Gasteiger partial charge in [0.2, 0.25) is 0 Å². The van der Waals surface area contributed by atoms with Gasteiger partial charge in [-0.1, -0.05) is 30.3 Å². The van der Waals surface area contributed by atoms with Gasteiger partial charge in [0, 0.05) is 16.6 Å². The summed E-state index contributed by atoms with van der Waals surface area (Å²) in [7, 11) is 0. The summed E-state index contributed by atoms with van der Waals surface area (Å²) in [5.74, 6) is 0.590. The van der Waals surface area contributed by atoms with Gasteiger partial charge in [0.15, 0.2) is 6.61 Å². The van der Waals surface area contributed by atoms with Crippen LogP contribution in [0.2, 0.25) is 0 Å². The predicted octanol–water partition coefficient (Wildman–Crippen LogP) is 4.75. The van der Waals surface area contributed by atoms with Crippen LogP contribution in [0.4, 0.5) is 5.69 Å². The average molecular weight is 352 g/mol. The highest BCUT2D eigenvalue weighted by Gasteiger charge is 2.08. The van der Waals surface area contributed by atoms with Crippen molar-refractivity contribution < 1.29 is 9.53 Å². The summed E-state index contributed by atoms with van der Waals surface area (Å²) in [6, 6.07) is 13.6. The maximum atomic E-state index is 12.1. The number of hydrogen-bond donors (Lipinski definition) is 1. The van der Waals surface area contributed by atoms with Gasteiger partial charge in [0.25, 0.3) is 5.91 Å². The van der Waals surface area contributed by atoms with Gasteiger partial charge >= 0.3 is 0 Å². The number of carbonyl (C=O) groups is 1. The Morgan fingerprint density at radius 3 is 2.36 bits per heavy atom. The van der Waals surface area contributed by atoms with Crippen molar-refractivity contribution >= 4 is 22.9 Å². The third-order valence-corrected chi connectivity index (χ3v) is 4.61. The number of para-hydroxylation sites is 1. The summed E-state index contributed by atoms with van der Waals surface area (Å²) >= 11 is 1.62. The molecule has 0 bridgehead atoms. The Balaban J connectivity index is 1.59. The van der Waals surface area contributed by atoms with Gasteiger partial charge < -0.3 is 10.1 Å². The summed E-state index contributed by atoms with van der Waals surface area (Å²) < 4.78 is 5.68. The number of aromatic nitrogens is 1. The zero-order chi connectivity index (χ0) is 17.8. The van der Waals surface area contributed by atoms with Gasteiger partial charge in [0.05, 0.1) is 10.7 Å². The van der Waals surface area contributed by atoms with Crippen LogP contribution >= 0.6 is 11.3 Å². The third-order valence-electron chi connectivity index (χ3n) is 3.84. The van der Waals surface area contributed by atoms with Crippen LogP contribution in [-0.4, -0.2) is 17.5 Å². The van der Waals surface area contributed by atoms with E-state index in [9.17, 15) is 4.79 Å². The van der Waals surface area contributed by atoms with Crippen molar-refractivity contribution in [2.45, 2.75) is 20.8 Å². The first-order valence-electron chi connectivity index (χ1n) is 8.04. The fourth-order valence-electron chi connectivity index (χ4n) is 2.58. The van der Waals surface area contributed by atoms with Crippen molar-refractivity contribution in [3.63, 3.8) is 0 Å². The SMILES string of the molecule is Cc1nc(-c2ccc(NC(=O)COc3c(C)cccc3C)cc2)cs1. The highest BCUT2D eigenvalue weighted by molar-refractivity contribution is 7.09. The highest BCUT2D eigenvalue weighted by Crippen LogP contribution is 2.24. The lowest BCUT2D eigenvalue weighted by atomic mass is 10.1. The molecule has 128 valence electrons. The molecule has 5 heteroatoms. The van der Waals surface area contributed by atoms with Crippen LogP contribution in [0.25, 0.3) is 11.3 Å². The fourth-order valence-corrected chi connectivity index (χ4v) is 3.20. The summed E-state index contributed by atoms with van der Waals surface area (Å²) in [5.41, 5.74) is 4.78. The molecule has 1 heterocycles.